The van der Waals surface area contributed by atoms with Gasteiger partial charge in [0.25, 0.3) is 0 Å². The first-order chi connectivity index (χ1) is 8.45. The molecule has 2 unspecified atom stereocenters. The van der Waals surface area contributed by atoms with Gasteiger partial charge in [0.15, 0.2) is 0 Å². The maximum atomic E-state index is 11.9. The number of likely N-dealkylation sites (tertiary alicyclic amines) is 1. The van der Waals surface area contributed by atoms with Crippen molar-refractivity contribution in [3.05, 3.63) is 11.1 Å². The highest BCUT2D eigenvalue weighted by Crippen LogP contribution is 2.25. The number of piperidine rings is 1. The second-order valence-electron chi connectivity index (χ2n) is 4.52. The zero-order valence-electron chi connectivity index (χ0n) is 10.5. The van der Waals surface area contributed by atoms with Gasteiger partial charge in [0.2, 0.25) is 0 Å². The molecule has 1 aliphatic heterocycles. The first-order valence-corrected chi connectivity index (χ1v) is 6.85. The number of urea groups is 1. The summed E-state index contributed by atoms with van der Waals surface area (Å²) < 4.78 is 0.658. The third-order valence-electron chi connectivity index (χ3n) is 3.27. The lowest BCUT2D eigenvalue weighted by Crippen LogP contribution is -2.53. The van der Waals surface area contributed by atoms with E-state index in [2.05, 4.69) is 27.8 Å². The number of carbonyl (C=O) groups excluding carboxylic acids is 1. The van der Waals surface area contributed by atoms with Gasteiger partial charge in [-0.2, -0.15) is 0 Å². The van der Waals surface area contributed by atoms with Crippen LogP contribution in [-0.2, 0) is 4.79 Å². The van der Waals surface area contributed by atoms with Gasteiger partial charge in [0.1, 0.15) is 6.04 Å². The predicted molar refractivity (Wildman–Crippen MR) is 72.6 cm³/mol. The van der Waals surface area contributed by atoms with E-state index in [9.17, 15) is 14.7 Å². The first kappa shape index (κ1) is 15.0. The van der Waals surface area contributed by atoms with Crippen LogP contribution in [0.15, 0.2) is 11.1 Å². The van der Waals surface area contributed by atoms with Crippen molar-refractivity contribution in [2.24, 2.45) is 5.92 Å². The topological polar surface area (TPSA) is 69.6 Å². The molecular weight excluding hydrogens is 300 g/mol. The number of halogens is 1. The monoisotopic (exact) mass is 318 g/mol. The molecule has 0 spiro atoms. The Morgan fingerprint density at radius 1 is 1.56 bits per heavy atom. The second kappa shape index (κ2) is 6.78. The molecule has 1 aliphatic rings. The molecule has 0 bridgehead atoms. The summed E-state index contributed by atoms with van der Waals surface area (Å²) in [6.07, 6.45) is 2.36. The van der Waals surface area contributed by atoms with Crippen molar-refractivity contribution in [1.29, 1.82) is 0 Å². The van der Waals surface area contributed by atoms with E-state index < -0.39 is 12.0 Å². The van der Waals surface area contributed by atoms with Gasteiger partial charge in [-0.15, -0.1) is 0 Å². The van der Waals surface area contributed by atoms with E-state index in [0.717, 1.165) is 12.8 Å². The van der Waals surface area contributed by atoms with Crippen molar-refractivity contribution in [3.8, 4) is 0 Å². The molecule has 1 rings (SSSR count). The number of hydrogen-bond donors (Lipinski definition) is 2. The highest BCUT2D eigenvalue weighted by Gasteiger charge is 2.35. The summed E-state index contributed by atoms with van der Waals surface area (Å²) in [4.78, 5) is 24.5. The molecule has 2 amide bonds. The summed E-state index contributed by atoms with van der Waals surface area (Å²) in [5.41, 5.74) is 0. The molecule has 2 atom stereocenters. The standard InChI is InChI=1S/C12H19BrN2O3/c1-3-9-4-5-15(10(6-9)11(16)17)12(18)14-7-8(2)13/h9-10H,2-7H2,1H3,(H,14,18)(H,16,17). The van der Waals surface area contributed by atoms with Crippen LogP contribution in [0.3, 0.4) is 0 Å². The Bertz CT molecular complexity index is 346. The summed E-state index contributed by atoms with van der Waals surface area (Å²) in [5, 5.41) is 11.8. The van der Waals surface area contributed by atoms with Crippen molar-refractivity contribution >= 4 is 27.9 Å². The van der Waals surface area contributed by atoms with Crippen LogP contribution in [0.25, 0.3) is 0 Å². The van der Waals surface area contributed by atoms with E-state index in [4.69, 9.17) is 0 Å². The molecule has 1 saturated heterocycles. The normalized spacial score (nSPS) is 23.6. The number of nitrogens with zero attached hydrogens (tertiary/aromatic N) is 1. The van der Waals surface area contributed by atoms with Crippen LogP contribution in [0.4, 0.5) is 4.79 Å². The average Bonchev–Trinajstić information content (AvgIpc) is 2.34. The fourth-order valence-electron chi connectivity index (χ4n) is 2.16. The summed E-state index contributed by atoms with van der Waals surface area (Å²) in [6, 6.07) is -1.05. The first-order valence-electron chi connectivity index (χ1n) is 6.06. The number of rotatable bonds is 4. The van der Waals surface area contributed by atoms with Crippen LogP contribution in [0.1, 0.15) is 26.2 Å². The molecule has 0 aromatic carbocycles. The Kier molecular flexibility index (Phi) is 5.65. The molecule has 0 saturated carbocycles. The maximum absolute atomic E-state index is 11.9. The lowest BCUT2D eigenvalue weighted by Gasteiger charge is -2.36. The van der Waals surface area contributed by atoms with Crippen molar-refractivity contribution < 1.29 is 14.7 Å². The molecule has 102 valence electrons. The minimum absolute atomic E-state index is 0.304. The van der Waals surface area contributed by atoms with Gasteiger partial charge in [0.05, 0.1) is 6.54 Å². The number of carbonyl (C=O) groups is 2. The van der Waals surface area contributed by atoms with Crippen LogP contribution in [0.5, 0.6) is 0 Å². The Hall–Kier alpha value is -1.04. The summed E-state index contributed by atoms with van der Waals surface area (Å²) >= 11 is 3.15. The van der Waals surface area contributed by atoms with Crippen molar-refractivity contribution in [3.63, 3.8) is 0 Å². The SMILES string of the molecule is C=C(Br)CNC(=O)N1CCC(CC)CC1C(=O)O. The van der Waals surface area contributed by atoms with Gasteiger partial charge >= 0.3 is 12.0 Å². The van der Waals surface area contributed by atoms with Crippen LogP contribution in [0.2, 0.25) is 0 Å². The van der Waals surface area contributed by atoms with Crippen LogP contribution in [0, 0.1) is 5.92 Å². The van der Waals surface area contributed by atoms with Gasteiger partial charge in [0, 0.05) is 11.0 Å². The van der Waals surface area contributed by atoms with E-state index >= 15 is 0 Å². The molecule has 1 fully saturated rings. The summed E-state index contributed by atoms with van der Waals surface area (Å²) in [5.74, 6) is -0.540. The third-order valence-corrected chi connectivity index (χ3v) is 3.55. The molecular formula is C12H19BrN2O3. The number of carboxylic acids is 1. The molecule has 0 aromatic heterocycles. The van der Waals surface area contributed by atoms with E-state index in [1.807, 2.05) is 6.92 Å². The quantitative estimate of drug-likeness (QED) is 0.834. The summed E-state index contributed by atoms with van der Waals surface area (Å²) in [6.45, 7) is 6.47. The van der Waals surface area contributed by atoms with Gasteiger partial charge in [-0.1, -0.05) is 35.9 Å². The van der Waals surface area contributed by atoms with Crippen LogP contribution in [-0.4, -0.2) is 41.1 Å². The molecule has 1 heterocycles. The molecule has 0 radical (unpaired) electrons. The van der Waals surface area contributed by atoms with Gasteiger partial charge in [-0.05, 0) is 18.8 Å². The lowest BCUT2D eigenvalue weighted by atomic mass is 9.89. The highest BCUT2D eigenvalue weighted by molar-refractivity contribution is 9.11. The fourth-order valence-corrected chi connectivity index (χ4v) is 2.30. The van der Waals surface area contributed by atoms with Crippen LogP contribution < -0.4 is 5.32 Å². The van der Waals surface area contributed by atoms with E-state index in [1.54, 1.807) is 0 Å². The van der Waals surface area contributed by atoms with Crippen molar-refractivity contribution in [1.82, 2.24) is 10.2 Å². The lowest BCUT2D eigenvalue weighted by molar-refractivity contribution is -0.144. The van der Waals surface area contributed by atoms with Crippen molar-refractivity contribution in [2.45, 2.75) is 32.2 Å². The Balaban J connectivity index is 2.64. The zero-order chi connectivity index (χ0) is 13.7. The number of nitrogens with one attached hydrogen (secondary N) is 1. The second-order valence-corrected chi connectivity index (χ2v) is 5.64. The Morgan fingerprint density at radius 3 is 2.72 bits per heavy atom. The van der Waals surface area contributed by atoms with Gasteiger partial charge in [-0.25, -0.2) is 9.59 Å². The molecule has 0 aromatic rings. The Labute approximate surface area is 115 Å². The number of hydrogen-bond acceptors (Lipinski definition) is 2. The fraction of sp³-hybridized carbons (Fsp3) is 0.667. The summed E-state index contributed by atoms with van der Waals surface area (Å²) in [7, 11) is 0. The number of aliphatic carboxylic acids is 1. The largest absolute Gasteiger partial charge is 0.480 e. The predicted octanol–water partition coefficient (Wildman–Crippen LogP) is 2.18. The third kappa shape index (κ3) is 4.01. The van der Waals surface area contributed by atoms with E-state index in [1.165, 1.54) is 4.90 Å². The highest BCUT2D eigenvalue weighted by atomic mass is 79.9. The van der Waals surface area contributed by atoms with Gasteiger partial charge in [-0.3, -0.25) is 0 Å². The average molecular weight is 319 g/mol. The number of carboxylic acid groups (broad SMARTS) is 1. The maximum Gasteiger partial charge on any atom is 0.326 e. The molecule has 18 heavy (non-hydrogen) atoms. The van der Waals surface area contributed by atoms with E-state index in [0.29, 0.717) is 29.9 Å². The Morgan fingerprint density at radius 2 is 2.22 bits per heavy atom. The molecule has 6 heteroatoms. The minimum atomic E-state index is -0.930. The smallest absolute Gasteiger partial charge is 0.326 e. The molecule has 0 aliphatic carbocycles. The minimum Gasteiger partial charge on any atom is -0.480 e. The van der Waals surface area contributed by atoms with Gasteiger partial charge < -0.3 is 15.3 Å². The van der Waals surface area contributed by atoms with Crippen LogP contribution >= 0.6 is 15.9 Å². The molecule has 2 N–H and O–H groups in total. The zero-order valence-corrected chi connectivity index (χ0v) is 12.1. The van der Waals surface area contributed by atoms with Crippen molar-refractivity contribution in [2.75, 3.05) is 13.1 Å². The molecule has 5 nitrogen and oxygen atoms in total. The number of amides is 2. The van der Waals surface area contributed by atoms with E-state index in [-0.39, 0.29) is 6.03 Å².